The monoisotopic (exact) mass is 386 g/mol. The first kappa shape index (κ1) is 18.3. The second-order valence-corrected chi connectivity index (χ2v) is 7.29. The molecule has 0 saturated carbocycles. The molecular formula is C18H18N4O2S2. The normalized spacial score (nSPS) is 15.9. The van der Waals surface area contributed by atoms with Crippen LogP contribution >= 0.6 is 24.0 Å². The maximum absolute atomic E-state index is 13.0. The van der Waals surface area contributed by atoms with Crippen molar-refractivity contribution in [2.45, 2.75) is 13.3 Å². The molecule has 1 saturated heterocycles. The molecule has 0 unspecified atom stereocenters. The Morgan fingerprint density at radius 2 is 2.19 bits per heavy atom. The third-order valence-corrected chi connectivity index (χ3v) is 5.15. The van der Waals surface area contributed by atoms with Crippen molar-refractivity contribution in [3.63, 3.8) is 0 Å². The molecular weight excluding hydrogens is 368 g/mol. The number of thioether (sulfide) groups is 1. The van der Waals surface area contributed by atoms with Crippen LogP contribution in [0.25, 0.3) is 11.7 Å². The predicted octanol–water partition coefficient (Wildman–Crippen LogP) is 2.90. The van der Waals surface area contributed by atoms with Crippen LogP contribution in [0.2, 0.25) is 0 Å². The lowest BCUT2D eigenvalue weighted by Crippen LogP contribution is -2.28. The van der Waals surface area contributed by atoms with Crippen molar-refractivity contribution in [3.8, 4) is 0 Å². The summed E-state index contributed by atoms with van der Waals surface area (Å²) < 4.78 is 1.92. The Kier molecular flexibility index (Phi) is 5.53. The number of anilines is 1. The summed E-state index contributed by atoms with van der Waals surface area (Å²) in [6, 6.07) is 5.36. The first-order chi connectivity index (χ1) is 12.6. The Morgan fingerprint density at radius 1 is 1.38 bits per heavy atom. The molecule has 0 atom stereocenters. The number of rotatable bonds is 6. The molecule has 3 rings (SSSR count). The topological polar surface area (TPSA) is 66.7 Å². The van der Waals surface area contributed by atoms with Crippen LogP contribution in [0, 0.1) is 0 Å². The summed E-state index contributed by atoms with van der Waals surface area (Å²) >= 11 is 6.43. The van der Waals surface area contributed by atoms with E-state index in [1.54, 1.807) is 30.5 Å². The molecule has 2 aromatic rings. The summed E-state index contributed by atoms with van der Waals surface area (Å²) in [4.78, 5) is 31.9. The molecule has 1 fully saturated rings. The van der Waals surface area contributed by atoms with E-state index >= 15 is 0 Å². The maximum atomic E-state index is 13.0. The minimum absolute atomic E-state index is 0.223. The van der Waals surface area contributed by atoms with E-state index in [1.807, 2.05) is 13.0 Å². The highest BCUT2D eigenvalue weighted by Gasteiger charge is 2.31. The number of aromatic nitrogens is 2. The highest BCUT2D eigenvalue weighted by atomic mass is 32.2. The van der Waals surface area contributed by atoms with E-state index in [4.69, 9.17) is 12.2 Å². The average molecular weight is 387 g/mol. The van der Waals surface area contributed by atoms with Gasteiger partial charge in [-0.15, -0.1) is 6.58 Å². The molecule has 1 aliphatic rings. The van der Waals surface area contributed by atoms with Crippen LogP contribution < -0.4 is 10.9 Å². The van der Waals surface area contributed by atoms with Crippen LogP contribution in [0.15, 0.2) is 46.8 Å². The van der Waals surface area contributed by atoms with Crippen molar-refractivity contribution in [1.82, 2.24) is 14.3 Å². The van der Waals surface area contributed by atoms with Gasteiger partial charge < -0.3 is 5.32 Å². The minimum Gasteiger partial charge on any atom is -0.369 e. The van der Waals surface area contributed by atoms with Gasteiger partial charge in [0.15, 0.2) is 0 Å². The van der Waals surface area contributed by atoms with Crippen molar-refractivity contribution < 1.29 is 4.79 Å². The van der Waals surface area contributed by atoms with Gasteiger partial charge in [0, 0.05) is 19.3 Å². The second-order valence-electron chi connectivity index (χ2n) is 5.62. The van der Waals surface area contributed by atoms with Crippen molar-refractivity contribution in [2.75, 3.05) is 18.4 Å². The molecule has 2 aromatic heterocycles. The number of fused-ring (bicyclic) bond motifs is 1. The quantitative estimate of drug-likeness (QED) is 0.468. The standard InChI is InChI=1S/C18H18N4O2S2/c1-3-8-19-15-12(16(23)21-10-6-5-7-14(21)20-15)11-13-17(24)22(9-4-2)18(25)26-13/h4-7,10-11,19H,2-3,8-9H2,1H3. The zero-order chi connectivity index (χ0) is 18.7. The van der Waals surface area contributed by atoms with Crippen LogP contribution in [0.4, 0.5) is 5.82 Å². The van der Waals surface area contributed by atoms with Crippen molar-refractivity contribution >= 4 is 51.7 Å². The van der Waals surface area contributed by atoms with E-state index in [2.05, 4.69) is 16.9 Å². The summed E-state index contributed by atoms with van der Waals surface area (Å²) in [5.41, 5.74) is 0.664. The van der Waals surface area contributed by atoms with E-state index in [0.29, 0.717) is 39.3 Å². The van der Waals surface area contributed by atoms with Gasteiger partial charge in [-0.1, -0.05) is 43.0 Å². The first-order valence-electron chi connectivity index (χ1n) is 8.18. The van der Waals surface area contributed by atoms with E-state index in [1.165, 1.54) is 21.1 Å². The number of nitrogens with one attached hydrogen (secondary N) is 1. The number of nitrogens with zero attached hydrogens (tertiary/aromatic N) is 3. The predicted molar refractivity (Wildman–Crippen MR) is 110 cm³/mol. The van der Waals surface area contributed by atoms with Gasteiger partial charge in [0.25, 0.3) is 11.5 Å². The molecule has 8 heteroatoms. The van der Waals surface area contributed by atoms with Gasteiger partial charge in [0.2, 0.25) is 0 Å². The SMILES string of the molecule is C=CCN1C(=O)C(=Cc2c(NCCC)nc3ccccn3c2=O)SC1=S. The lowest BCUT2D eigenvalue weighted by molar-refractivity contribution is -0.121. The van der Waals surface area contributed by atoms with Gasteiger partial charge in [-0.25, -0.2) is 4.98 Å². The lowest BCUT2D eigenvalue weighted by Gasteiger charge is -2.11. The van der Waals surface area contributed by atoms with Gasteiger partial charge in [-0.05, 0) is 24.6 Å². The highest BCUT2D eigenvalue weighted by Crippen LogP contribution is 2.32. The zero-order valence-corrected chi connectivity index (χ0v) is 15.9. The Balaban J connectivity index is 2.13. The van der Waals surface area contributed by atoms with E-state index in [-0.39, 0.29) is 11.5 Å². The summed E-state index contributed by atoms with van der Waals surface area (Å²) in [6.07, 6.45) is 5.74. The molecule has 0 bridgehead atoms. The maximum Gasteiger partial charge on any atom is 0.267 e. The Labute approximate surface area is 160 Å². The van der Waals surface area contributed by atoms with Crippen LogP contribution in [-0.2, 0) is 4.79 Å². The summed E-state index contributed by atoms with van der Waals surface area (Å²) in [7, 11) is 0. The number of amides is 1. The van der Waals surface area contributed by atoms with Gasteiger partial charge in [-0.2, -0.15) is 0 Å². The van der Waals surface area contributed by atoms with Crippen molar-refractivity contribution in [3.05, 3.63) is 57.9 Å². The molecule has 1 amide bonds. The Bertz CT molecular complexity index is 981. The number of hydrogen-bond donors (Lipinski definition) is 1. The molecule has 0 aliphatic carbocycles. The van der Waals surface area contributed by atoms with Crippen LogP contribution in [0.3, 0.4) is 0 Å². The highest BCUT2D eigenvalue weighted by molar-refractivity contribution is 8.26. The third kappa shape index (κ3) is 3.42. The zero-order valence-electron chi connectivity index (χ0n) is 14.3. The number of thiocarbonyl (C=S) groups is 1. The number of carbonyl (C=O) groups is 1. The summed E-state index contributed by atoms with van der Waals surface area (Å²) in [6.45, 7) is 6.69. The third-order valence-electron chi connectivity index (χ3n) is 3.77. The second kappa shape index (κ2) is 7.84. The van der Waals surface area contributed by atoms with Crippen molar-refractivity contribution in [1.29, 1.82) is 0 Å². The fourth-order valence-electron chi connectivity index (χ4n) is 2.53. The first-order valence-corrected chi connectivity index (χ1v) is 9.40. The van der Waals surface area contributed by atoms with Crippen molar-refractivity contribution in [2.24, 2.45) is 0 Å². The molecule has 6 nitrogen and oxygen atoms in total. The molecule has 134 valence electrons. The van der Waals surface area contributed by atoms with Gasteiger partial charge in [-0.3, -0.25) is 18.9 Å². The largest absolute Gasteiger partial charge is 0.369 e. The number of hydrogen-bond acceptors (Lipinski definition) is 6. The van der Waals surface area contributed by atoms with E-state index in [0.717, 1.165) is 6.42 Å². The van der Waals surface area contributed by atoms with E-state index < -0.39 is 0 Å². The van der Waals surface area contributed by atoms with Crippen LogP contribution in [-0.4, -0.2) is 37.6 Å². The molecule has 1 N–H and O–H groups in total. The van der Waals surface area contributed by atoms with Gasteiger partial charge in [0.1, 0.15) is 15.8 Å². The summed E-state index contributed by atoms with van der Waals surface area (Å²) in [5, 5.41) is 3.18. The molecule has 0 spiro atoms. The molecule has 26 heavy (non-hydrogen) atoms. The average Bonchev–Trinajstić information content (AvgIpc) is 2.90. The fourth-order valence-corrected chi connectivity index (χ4v) is 3.79. The fraction of sp³-hybridized carbons (Fsp3) is 0.222. The molecule has 3 heterocycles. The van der Waals surface area contributed by atoms with E-state index in [9.17, 15) is 9.59 Å². The van der Waals surface area contributed by atoms with Crippen LogP contribution in [0.1, 0.15) is 18.9 Å². The Hall–Kier alpha value is -2.45. The molecule has 1 aliphatic heterocycles. The van der Waals surface area contributed by atoms with Crippen LogP contribution in [0.5, 0.6) is 0 Å². The molecule has 0 aromatic carbocycles. The summed E-state index contributed by atoms with van der Waals surface area (Å²) in [5.74, 6) is 0.246. The smallest absolute Gasteiger partial charge is 0.267 e. The number of pyridine rings is 1. The lowest BCUT2D eigenvalue weighted by atomic mass is 10.2. The van der Waals surface area contributed by atoms with Gasteiger partial charge >= 0.3 is 0 Å². The molecule has 0 radical (unpaired) electrons. The van der Waals surface area contributed by atoms with Gasteiger partial charge in [0.05, 0.1) is 10.5 Å². The Morgan fingerprint density at radius 3 is 2.92 bits per heavy atom. The minimum atomic E-state index is -0.233. The number of carbonyl (C=O) groups excluding carboxylic acids is 1.